The van der Waals surface area contributed by atoms with E-state index in [1.54, 1.807) is 0 Å². The number of carbonyl (C=O) groups is 4. The van der Waals surface area contributed by atoms with Crippen molar-refractivity contribution >= 4 is 29.4 Å². The maximum absolute atomic E-state index is 13.3. The van der Waals surface area contributed by atoms with Crippen LogP contribution in [0, 0.1) is 10.1 Å². The van der Waals surface area contributed by atoms with Gasteiger partial charge < -0.3 is 25.5 Å². The number of carboxylic acids is 3. The fourth-order valence-corrected chi connectivity index (χ4v) is 3.93. The number of hydrogen-bond acceptors (Lipinski definition) is 10. The van der Waals surface area contributed by atoms with Crippen LogP contribution in [-0.2, 0) is 25.6 Å². The van der Waals surface area contributed by atoms with Gasteiger partial charge in [0.15, 0.2) is 11.5 Å². The molecule has 0 bridgehead atoms. The van der Waals surface area contributed by atoms with Gasteiger partial charge in [0.1, 0.15) is 5.54 Å². The van der Waals surface area contributed by atoms with Gasteiger partial charge in [0.05, 0.1) is 17.1 Å². The number of nitrogens with one attached hydrogen (secondary N) is 2. The van der Waals surface area contributed by atoms with Crippen molar-refractivity contribution in [2.45, 2.75) is 55.8 Å². The normalized spacial score (nSPS) is 22.5. The second-order valence-electron chi connectivity index (χ2n) is 8.23. The standard InChI is InChI=1S/C20H25N3O11/c1-19(17(29)30,9-10-2-4-13(24)12(8-10)23(33)34)22-11(3-5-15(26)27)16(28)20(18(31)32)14(25)6-7-21-20/h2,4,8,11,14,21-22,24-25H,3,5-7,9H2,1H3,(H,26,27)(H,29,30)(H,31,32)/t11-,14?,19?,20+/m0/s1. The number of carbonyl (C=O) groups excluding carboxylic acids is 1. The van der Waals surface area contributed by atoms with Crippen molar-refractivity contribution < 1.29 is 49.6 Å². The van der Waals surface area contributed by atoms with Crippen LogP contribution >= 0.6 is 0 Å². The summed E-state index contributed by atoms with van der Waals surface area (Å²) in [5, 5.41) is 64.5. The zero-order chi connectivity index (χ0) is 25.8. The summed E-state index contributed by atoms with van der Waals surface area (Å²) in [7, 11) is 0. The first-order valence-corrected chi connectivity index (χ1v) is 10.1. The third-order valence-electron chi connectivity index (χ3n) is 5.77. The summed E-state index contributed by atoms with van der Waals surface area (Å²) >= 11 is 0. The first-order valence-electron chi connectivity index (χ1n) is 10.1. The van der Waals surface area contributed by atoms with Gasteiger partial charge >= 0.3 is 23.6 Å². The van der Waals surface area contributed by atoms with E-state index in [1.807, 2.05) is 0 Å². The predicted molar refractivity (Wildman–Crippen MR) is 112 cm³/mol. The number of benzene rings is 1. The molecule has 1 fully saturated rings. The van der Waals surface area contributed by atoms with Crippen LogP contribution in [0.5, 0.6) is 5.75 Å². The lowest BCUT2D eigenvalue weighted by Crippen LogP contribution is -2.68. The largest absolute Gasteiger partial charge is 0.502 e. The Morgan fingerprint density at radius 1 is 1.29 bits per heavy atom. The monoisotopic (exact) mass is 483 g/mol. The summed E-state index contributed by atoms with van der Waals surface area (Å²) in [6, 6.07) is 1.56. The molecule has 14 heteroatoms. The highest BCUT2D eigenvalue weighted by atomic mass is 16.6. The van der Waals surface area contributed by atoms with E-state index >= 15 is 0 Å². The van der Waals surface area contributed by atoms with Crippen molar-refractivity contribution in [3.8, 4) is 5.75 Å². The number of hydrogen-bond donors (Lipinski definition) is 7. The van der Waals surface area contributed by atoms with Gasteiger partial charge in [-0.2, -0.15) is 0 Å². The highest BCUT2D eigenvalue weighted by Gasteiger charge is 2.57. The lowest BCUT2D eigenvalue weighted by atomic mass is 9.82. The van der Waals surface area contributed by atoms with E-state index < -0.39 is 82.5 Å². The summed E-state index contributed by atoms with van der Waals surface area (Å²) < 4.78 is 0. The number of nitro groups is 1. The minimum absolute atomic E-state index is 0.0156. The number of ketones is 1. The molecule has 1 aliphatic rings. The Bertz CT molecular complexity index is 1010. The lowest BCUT2D eigenvalue weighted by molar-refractivity contribution is -0.385. The van der Waals surface area contributed by atoms with E-state index in [0.717, 1.165) is 19.1 Å². The average molecular weight is 483 g/mol. The molecule has 186 valence electrons. The molecule has 1 aromatic rings. The number of nitrogens with zero attached hydrogens (tertiary/aromatic N) is 1. The van der Waals surface area contributed by atoms with E-state index in [4.69, 9.17) is 5.11 Å². The predicted octanol–water partition coefficient (Wildman–Crippen LogP) is -0.744. The van der Waals surface area contributed by atoms with Crippen molar-refractivity contribution in [2.24, 2.45) is 0 Å². The molecule has 2 rings (SSSR count). The molecule has 14 nitrogen and oxygen atoms in total. The van der Waals surface area contributed by atoms with Gasteiger partial charge in [0, 0.05) is 18.9 Å². The van der Waals surface area contributed by atoms with E-state index in [-0.39, 0.29) is 18.5 Å². The Balaban J connectivity index is 2.45. The fourth-order valence-electron chi connectivity index (χ4n) is 3.93. The molecule has 0 amide bonds. The minimum Gasteiger partial charge on any atom is -0.502 e. The summed E-state index contributed by atoms with van der Waals surface area (Å²) in [6.45, 7) is 1.12. The zero-order valence-electron chi connectivity index (χ0n) is 18.1. The second kappa shape index (κ2) is 10.1. The second-order valence-corrected chi connectivity index (χ2v) is 8.23. The summed E-state index contributed by atoms with van der Waals surface area (Å²) in [6.07, 6.45) is -3.26. The molecule has 7 N–H and O–H groups in total. The van der Waals surface area contributed by atoms with E-state index in [0.29, 0.717) is 0 Å². The number of aliphatic hydroxyl groups is 1. The number of phenolic OH excluding ortho intramolecular Hbond substituents is 1. The molecule has 1 aromatic carbocycles. The maximum Gasteiger partial charge on any atom is 0.334 e. The molecule has 0 saturated carbocycles. The third-order valence-corrected chi connectivity index (χ3v) is 5.77. The van der Waals surface area contributed by atoms with Gasteiger partial charge in [0.2, 0.25) is 5.54 Å². The quantitative estimate of drug-likeness (QED) is 0.110. The smallest absolute Gasteiger partial charge is 0.334 e. The molecule has 1 saturated heterocycles. The third kappa shape index (κ3) is 5.30. The number of phenols is 1. The van der Waals surface area contributed by atoms with Crippen LogP contribution in [0.2, 0.25) is 0 Å². The highest BCUT2D eigenvalue weighted by Crippen LogP contribution is 2.29. The van der Waals surface area contributed by atoms with Gasteiger partial charge in [-0.1, -0.05) is 6.07 Å². The number of nitro benzene ring substituents is 1. The van der Waals surface area contributed by atoms with E-state index in [9.17, 15) is 49.7 Å². The number of rotatable bonds is 12. The van der Waals surface area contributed by atoms with Crippen molar-refractivity contribution in [2.75, 3.05) is 6.54 Å². The van der Waals surface area contributed by atoms with Gasteiger partial charge in [0.25, 0.3) is 0 Å². The fraction of sp³-hybridized carbons (Fsp3) is 0.500. The molecule has 34 heavy (non-hydrogen) atoms. The maximum atomic E-state index is 13.3. The van der Waals surface area contributed by atoms with Crippen LogP contribution in [0.15, 0.2) is 18.2 Å². The Hall–Kier alpha value is -3.62. The number of aliphatic hydroxyl groups excluding tert-OH is 1. The summed E-state index contributed by atoms with van der Waals surface area (Å²) in [5.74, 6) is -6.32. The number of aromatic hydroxyl groups is 1. The Morgan fingerprint density at radius 3 is 2.41 bits per heavy atom. The van der Waals surface area contributed by atoms with Gasteiger partial charge in [-0.3, -0.25) is 35.1 Å². The molecule has 0 spiro atoms. The molecular formula is C20H25N3O11. The molecule has 4 atom stereocenters. The van der Waals surface area contributed by atoms with Crippen LogP contribution < -0.4 is 10.6 Å². The lowest BCUT2D eigenvalue weighted by Gasteiger charge is -2.36. The highest BCUT2D eigenvalue weighted by molar-refractivity contribution is 6.11. The van der Waals surface area contributed by atoms with Crippen molar-refractivity contribution in [1.82, 2.24) is 10.6 Å². The minimum atomic E-state index is -2.47. The van der Waals surface area contributed by atoms with Gasteiger partial charge in [-0.15, -0.1) is 0 Å². The Kier molecular flexibility index (Phi) is 7.92. The molecule has 1 aliphatic heterocycles. The van der Waals surface area contributed by atoms with Crippen molar-refractivity contribution in [1.29, 1.82) is 0 Å². The van der Waals surface area contributed by atoms with Gasteiger partial charge in [-0.25, -0.2) is 4.79 Å². The summed E-state index contributed by atoms with van der Waals surface area (Å²) in [4.78, 5) is 58.8. The molecule has 0 aromatic heterocycles. The van der Waals surface area contributed by atoms with Crippen LogP contribution in [0.4, 0.5) is 5.69 Å². The molecule has 2 unspecified atom stereocenters. The Morgan fingerprint density at radius 2 is 1.94 bits per heavy atom. The molecule has 0 radical (unpaired) electrons. The van der Waals surface area contributed by atoms with Crippen molar-refractivity contribution in [3.63, 3.8) is 0 Å². The van der Waals surface area contributed by atoms with Crippen molar-refractivity contribution in [3.05, 3.63) is 33.9 Å². The first-order chi connectivity index (χ1) is 15.7. The van der Waals surface area contributed by atoms with Gasteiger partial charge in [-0.05, 0) is 37.9 Å². The summed E-state index contributed by atoms with van der Waals surface area (Å²) in [5.41, 5.74) is -5.06. The SMILES string of the molecule is CC(Cc1ccc(O)c([N+](=O)[O-])c1)(N[C@@H](CCC(=O)O)C(=O)[C@]1(C(=O)O)NCCC1O)C(=O)O. The topological polar surface area (TPSA) is 237 Å². The number of Topliss-reactive ketones (excluding diaryl/α,β-unsaturated/α-hetero) is 1. The first kappa shape index (κ1) is 26.6. The Labute approximate surface area is 192 Å². The van der Waals surface area contributed by atoms with E-state index in [1.165, 1.54) is 6.07 Å². The van der Waals surface area contributed by atoms with Crippen LogP contribution in [0.25, 0.3) is 0 Å². The van der Waals surface area contributed by atoms with E-state index in [2.05, 4.69) is 10.6 Å². The molecular weight excluding hydrogens is 458 g/mol. The van der Waals surface area contributed by atoms with Crippen LogP contribution in [0.3, 0.4) is 0 Å². The molecule has 0 aliphatic carbocycles. The zero-order valence-corrected chi connectivity index (χ0v) is 18.1. The average Bonchev–Trinajstić information content (AvgIpc) is 3.14. The number of carboxylic acid groups (broad SMARTS) is 3. The number of aliphatic carboxylic acids is 3. The molecule has 1 heterocycles. The van der Waals surface area contributed by atoms with Crippen LogP contribution in [-0.4, -0.2) is 83.9 Å². The van der Waals surface area contributed by atoms with Crippen LogP contribution in [0.1, 0.15) is 31.7 Å².